The molecule has 1 amide bonds. The van der Waals surface area contributed by atoms with Crippen LogP contribution in [-0.4, -0.2) is 64.9 Å². The quantitative estimate of drug-likeness (QED) is 0.414. The maximum Gasteiger partial charge on any atom is 0.294 e. The van der Waals surface area contributed by atoms with Gasteiger partial charge in [0, 0.05) is 54.4 Å². The van der Waals surface area contributed by atoms with Crippen LogP contribution in [0.1, 0.15) is 20.9 Å². The third kappa shape index (κ3) is 4.17. The molecule has 3 aromatic heterocycles. The van der Waals surface area contributed by atoms with Crippen molar-refractivity contribution < 1.29 is 17.8 Å². The molecule has 34 heavy (non-hydrogen) atoms. The topological polar surface area (TPSA) is 119 Å². The van der Waals surface area contributed by atoms with Crippen molar-refractivity contribution in [3.8, 4) is 11.4 Å². The lowest BCUT2D eigenvalue weighted by Gasteiger charge is -2.36. The van der Waals surface area contributed by atoms with Crippen molar-refractivity contribution in [3.05, 3.63) is 58.0 Å². The van der Waals surface area contributed by atoms with Gasteiger partial charge < -0.3 is 14.8 Å². The minimum atomic E-state index is -4.38. The van der Waals surface area contributed by atoms with Crippen LogP contribution in [0.5, 0.6) is 0 Å². The number of nitrogens with one attached hydrogen (secondary N) is 1. The van der Waals surface area contributed by atoms with Gasteiger partial charge >= 0.3 is 0 Å². The summed E-state index contributed by atoms with van der Waals surface area (Å²) in [5.41, 5.74) is 4.58. The first-order chi connectivity index (χ1) is 16.2. The Morgan fingerprint density at radius 2 is 1.88 bits per heavy atom. The molecule has 1 aliphatic rings. The van der Waals surface area contributed by atoms with Crippen molar-refractivity contribution in [2.75, 3.05) is 31.1 Å². The number of piperazine rings is 1. The van der Waals surface area contributed by atoms with Gasteiger partial charge in [-0.25, -0.2) is 9.97 Å². The van der Waals surface area contributed by atoms with Gasteiger partial charge in [-0.15, -0.1) is 11.3 Å². The Bertz CT molecular complexity index is 1500. The second-order valence-electron chi connectivity index (χ2n) is 8.26. The number of amides is 1. The number of carbonyl (C=O) groups excluding carboxylic acids is 1. The Morgan fingerprint density at radius 3 is 2.56 bits per heavy atom. The van der Waals surface area contributed by atoms with E-state index < -0.39 is 10.1 Å². The molecule has 1 aromatic carbocycles. The van der Waals surface area contributed by atoms with Crippen LogP contribution in [0.2, 0.25) is 0 Å². The van der Waals surface area contributed by atoms with Crippen LogP contribution < -0.4 is 4.90 Å². The van der Waals surface area contributed by atoms with Crippen molar-refractivity contribution in [2.24, 2.45) is 0 Å². The number of pyridine rings is 1. The minimum absolute atomic E-state index is 0.245. The van der Waals surface area contributed by atoms with Gasteiger partial charge in [0.25, 0.3) is 16.0 Å². The second kappa shape index (κ2) is 8.49. The van der Waals surface area contributed by atoms with Crippen molar-refractivity contribution in [3.63, 3.8) is 0 Å². The molecule has 4 aromatic rings. The van der Waals surface area contributed by atoms with Gasteiger partial charge in [-0.2, -0.15) is 8.42 Å². The van der Waals surface area contributed by atoms with Crippen molar-refractivity contribution in [1.82, 2.24) is 19.9 Å². The molecule has 0 spiro atoms. The second-order valence-corrected chi connectivity index (χ2v) is 10.7. The number of aromatic nitrogens is 3. The van der Waals surface area contributed by atoms with E-state index in [-0.39, 0.29) is 16.4 Å². The predicted molar refractivity (Wildman–Crippen MR) is 131 cm³/mol. The standard InChI is InChI=1S/C23H23N5O4S2/c1-14-3-4-16(34(30,31)32)11-17(14)23(29)28-9-7-27(8-10-28)21-5-6-24-22-18(21)12-19(26-22)20-13-33-15(2)25-20/h3-6,11-13H,7-10H2,1-2H3,(H,24,26)(H,30,31,32). The van der Waals surface area contributed by atoms with Crippen LogP contribution in [-0.2, 0) is 10.1 Å². The van der Waals surface area contributed by atoms with Gasteiger partial charge in [-0.3, -0.25) is 9.35 Å². The summed E-state index contributed by atoms with van der Waals surface area (Å²) in [5, 5.41) is 4.02. The van der Waals surface area contributed by atoms with E-state index in [1.807, 2.05) is 18.4 Å². The molecule has 0 atom stereocenters. The molecule has 0 aliphatic carbocycles. The Morgan fingerprint density at radius 1 is 1.12 bits per heavy atom. The number of rotatable bonds is 4. The smallest absolute Gasteiger partial charge is 0.294 e. The zero-order chi connectivity index (χ0) is 24.0. The SMILES string of the molecule is Cc1nc(-c2cc3c(N4CCN(C(=O)c5cc(S(=O)(=O)O)ccc5C)CC4)ccnc3[nH]2)cs1. The number of carbonyl (C=O) groups is 1. The first-order valence-corrected chi connectivity index (χ1v) is 13.1. The molecule has 0 bridgehead atoms. The highest BCUT2D eigenvalue weighted by Crippen LogP contribution is 2.31. The van der Waals surface area contributed by atoms with Gasteiger partial charge in [0.1, 0.15) is 5.65 Å². The number of H-pyrrole nitrogens is 1. The van der Waals surface area contributed by atoms with Gasteiger partial charge in [0.15, 0.2) is 0 Å². The fourth-order valence-corrected chi connectivity index (χ4v) is 5.35. The number of hydrogen-bond acceptors (Lipinski definition) is 7. The predicted octanol–water partition coefficient (Wildman–Crippen LogP) is 3.51. The summed E-state index contributed by atoms with van der Waals surface area (Å²) in [6.45, 7) is 5.94. The molecule has 0 saturated carbocycles. The lowest BCUT2D eigenvalue weighted by Crippen LogP contribution is -2.49. The maximum absolute atomic E-state index is 13.1. The number of hydrogen-bond donors (Lipinski definition) is 2. The fraction of sp³-hybridized carbons (Fsp3) is 0.261. The Hall–Kier alpha value is -3.28. The van der Waals surface area contributed by atoms with Crippen LogP contribution in [0.3, 0.4) is 0 Å². The molecule has 1 fully saturated rings. The lowest BCUT2D eigenvalue weighted by atomic mass is 10.1. The molecule has 2 N–H and O–H groups in total. The van der Waals surface area contributed by atoms with Crippen LogP contribution in [0.15, 0.2) is 46.8 Å². The van der Waals surface area contributed by atoms with E-state index in [4.69, 9.17) is 0 Å². The normalized spacial score (nSPS) is 14.7. The molecule has 9 nitrogen and oxygen atoms in total. The third-order valence-corrected chi connectivity index (χ3v) is 7.67. The average molecular weight is 498 g/mol. The summed E-state index contributed by atoms with van der Waals surface area (Å²) in [7, 11) is -4.38. The molecular weight excluding hydrogens is 474 g/mol. The highest BCUT2D eigenvalue weighted by Gasteiger charge is 2.26. The van der Waals surface area contributed by atoms with Crippen LogP contribution in [0.25, 0.3) is 22.4 Å². The third-order valence-electron chi connectivity index (χ3n) is 6.05. The summed E-state index contributed by atoms with van der Waals surface area (Å²) >= 11 is 1.60. The van der Waals surface area contributed by atoms with E-state index in [1.165, 1.54) is 18.2 Å². The molecule has 0 unspecified atom stereocenters. The Kier molecular flexibility index (Phi) is 5.62. The zero-order valence-electron chi connectivity index (χ0n) is 18.6. The van der Waals surface area contributed by atoms with E-state index in [2.05, 4.69) is 25.9 Å². The monoisotopic (exact) mass is 497 g/mol. The number of anilines is 1. The summed E-state index contributed by atoms with van der Waals surface area (Å²) in [6.07, 6.45) is 1.77. The highest BCUT2D eigenvalue weighted by molar-refractivity contribution is 7.85. The molecule has 11 heteroatoms. The van der Waals surface area contributed by atoms with E-state index in [9.17, 15) is 17.8 Å². The largest absolute Gasteiger partial charge is 0.367 e. The molecule has 0 radical (unpaired) electrons. The molecule has 1 saturated heterocycles. The zero-order valence-corrected chi connectivity index (χ0v) is 20.3. The molecule has 4 heterocycles. The van der Waals surface area contributed by atoms with Crippen molar-refractivity contribution in [1.29, 1.82) is 0 Å². The molecule has 176 valence electrons. The molecule has 5 rings (SSSR count). The summed E-state index contributed by atoms with van der Waals surface area (Å²) in [4.78, 5) is 29.2. The van der Waals surface area contributed by atoms with Gasteiger partial charge in [0.2, 0.25) is 0 Å². The number of thiazole rings is 1. The first kappa shape index (κ1) is 22.5. The fourth-order valence-electron chi connectivity index (χ4n) is 4.23. The Labute approximate surface area is 200 Å². The van der Waals surface area contributed by atoms with Crippen molar-refractivity contribution >= 4 is 44.1 Å². The van der Waals surface area contributed by atoms with Gasteiger partial charge in [0.05, 0.1) is 21.3 Å². The van der Waals surface area contributed by atoms with Gasteiger partial charge in [-0.05, 0) is 43.7 Å². The average Bonchev–Trinajstić information content (AvgIpc) is 3.44. The first-order valence-electron chi connectivity index (χ1n) is 10.7. The van der Waals surface area contributed by atoms with Crippen LogP contribution in [0, 0.1) is 13.8 Å². The number of benzene rings is 1. The Balaban J connectivity index is 1.36. The number of aromatic amines is 1. The summed E-state index contributed by atoms with van der Waals surface area (Å²) < 4.78 is 32.4. The van der Waals surface area contributed by atoms with E-state index in [0.717, 1.165) is 33.1 Å². The minimum Gasteiger partial charge on any atom is -0.367 e. The van der Waals surface area contributed by atoms with Crippen molar-refractivity contribution in [2.45, 2.75) is 18.7 Å². The summed E-state index contributed by atoms with van der Waals surface area (Å²) in [5.74, 6) is -0.245. The van der Waals surface area contributed by atoms with Crippen LogP contribution >= 0.6 is 11.3 Å². The van der Waals surface area contributed by atoms with Crippen LogP contribution in [0.4, 0.5) is 5.69 Å². The summed E-state index contributed by atoms with van der Waals surface area (Å²) in [6, 6.07) is 8.12. The highest BCUT2D eigenvalue weighted by atomic mass is 32.2. The molecule has 1 aliphatic heterocycles. The lowest BCUT2D eigenvalue weighted by molar-refractivity contribution is 0.0746. The number of nitrogens with zero attached hydrogens (tertiary/aromatic N) is 4. The molecular formula is C23H23N5O4S2. The number of fused-ring (bicyclic) bond motifs is 1. The number of aryl methyl sites for hydroxylation is 2. The maximum atomic E-state index is 13.1. The van der Waals surface area contributed by atoms with E-state index in [1.54, 1.807) is 29.4 Å². The van der Waals surface area contributed by atoms with Gasteiger partial charge in [-0.1, -0.05) is 6.07 Å². The van der Waals surface area contributed by atoms with E-state index in [0.29, 0.717) is 31.7 Å². The van der Waals surface area contributed by atoms with E-state index >= 15 is 0 Å².